The predicted molar refractivity (Wildman–Crippen MR) is 57.9 cm³/mol. The van der Waals surface area contributed by atoms with Crippen molar-refractivity contribution in [1.82, 2.24) is 15.0 Å². The Kier molecular flexibility index (Phi) is 4.24. The van der Waals surface area contributed by atoms with Crippen molar-refractivity contribution in [3.05, 3.63) is 0 Å². The molecule has 7 nitrogen and oxygen atoms in total. The van der Waals surface area contributed by atoms with Gasteiger partial charge in [0.05, 0.1) is 20.3 Å². The fourth-order valence-corrected chi connectivity index (χ4v) is 1.16. The number of anilines is 1. The molecular formula is C9H16N4O3. The van der Waals surface area contributed by atoms with E-state index >= 15 is 0 Å². The summed E-state index contributed by atoms with van der Waals surface area (Å²) in [6, 6.07) is 0.360. The highest BCUT2D eigenvalue weighted by Gasteiger charge is 2.12. The second-order valence-corrected chi connectivity index (χ2v) is 3.34. The molecule has 0 saturated carbocycles. The van der Waals surface area contributed by atoms with Crippen LogP contribution in [0.2, 0.25) is 0 Å². The van der Waals surface area contributed by atoms with E-state index in [2.05, 4.69) is 15.0 Å². The predicted octanol–water partition coefficient (Wildman–Crippen LogP) is -0.294. The van der Waals surface area contributed by atoms with Gasteiger partial charge in [-0.15, -0.1) is 4.98 Å². The average molecular weight is 228 g/mol. The second-order valence-electron chi connectivity index (χ2n) is 3.34. The molecule has 0 aliphatic carbocycles. The Bertz CT molecular complexity index is 323. The molecule has 1 heterocycles. The zero-order chi connectivity index (χ0) is 12.1. The summed E-state index contributed by atoms with van der Waals surface area (Å²) in [6.45, 7) is 2.10. The van der Waals surface area contributed by atoms with Crippen LogP contribution in [-0.2, 0) is 0 Å². The Labute approximate surface area is 94.1 Å². The summed E-state index contributed by atoms with van der Waals surface area (Å²) in [4.78, 5) is 13.7. The Morgan fingerprint density at radius 3 is 2.06 bits per heavy atom. The van der Waals surface area contributed by atoms with Crippen molar-refractivity contribution in [3.8, 4) is 12.0 Å². The SMILES string of the molecule is COc1nc(OC)nc(N(C)CC(C)O)n1. The monoisotopic (exact) mass is 228 g/mol. The van der Waals surface area contributed by atoms with Crippen LogP contribution < -0.4 is 14.4 Å². The van der Waals surface area contributed by atoms with E-state index in [1.165, 1.54) is 14.2 Å². The van der Waals surface area contributed by atoms with Gasteiger partial charge in [0, 0.05) is 13.6 Å². The lowest BCUT2D eigenvalue weighted by molar-refractivity contribution is 0.201. The van der Waals surface area contributed by atoms with Crippen LogP contribution in [0.1, 0.15) is 6.92 Å². The van der Waals surface area contributed by atoms with Crippen molar-refractivity contribution in [1.29, 1.82) is 0 Å². The third kappa shape index (κ3) is 3.20. The van der Waals surface area contributed by atoms with Gasteiger partial charge in [-0.3, -0.25) is 0 Å². The Balaban J connectivity index is 2.93. The maximum absolute atomic E-state index is 9.26. The molecule has 7 heteroatoms. The molecule has 0 aliphatic rings. The van der Waals surface area contributed by atoms with Crippen molar-refractivity contribution in [2.45, 2.75) is 13.0 Å². The smallest absolute Gasteiger partial charge is 0.324 e. The first-order chi connectivity index (χ1) is 7.56. The number of aliphatic hydroxyl groups excluding tert-OH is 1. The zero-order valence-electron chi connectivity index (χ0n) is 9.84. The first-order valence-corrected chi connectivity index (χ1v) is 4.80. The van der Waals surface area contributed by atoms with Crippen LogP contribution in [0.25, 0.3) is 0 Å². The third-order valence-corrected chi connectivity index (χ3v) is 1.83. The maximum atomic E-state index is 9.26. The van der Waals surface area contributed by atoms with Crippen LogP contribution in [0.3, 0.4) is 0 Å². The van der Waals surface area contributed by atoms with Gasteiger partial charge in [0.25, 0.3) is 0 Å². The largest absolute Gasteiger partial charge is 0.467 e. The lowest BCUT2D eigenvalue weighted by Gasteiger charge is -2.18. The van der Waals surface area contributed by atoms with E-state index in [1.54, 1.807) is 18.9 Å². The van der Waals surface area contributed by atoms with E-state index in [9.17, 15) is 5.11 Å². The van der Waals surface area contributed by atoms with Gasteiger partial charge in [0.2, 0.25) is 5.95 Å². The van der Waals surface area contributed by atoms with E-state index < -0.39 is 6.10 Å². The molecule has 0 spiro atoms. The highest BCUT2D eigenvalue weighted by molar-refractivity contribution is 5.30. The van der Waals surface area contributed by atoms with Gasteiger partial charge in [-0.05, 0) is 6.92 Å². The van der Waals surface area contributed by atoms with Gasteiger partial charge < -0.3 is 19.5 Å². The second kappa shape index (κ2) is 5.45. The highest BCUT2D eigenvalue weighted by atomic mass is 16.5. The summed E-state index contributed by atoms with van der Waals surface area (Å²) < 4.78 is 9.84. The van der Waals surface area contributed by atoms with Gasteiger partial charge in [-0.25, -0.2) is 0 Å². The number of rotatable bonds is 5. The molecule has 90 valence electrons. The van der Waals surface area contributed by atoms with Crippen LogP contribution >= 0.6 is 0 Å². The Morgan fingerprint density at radius 2 is 1.69 bits per heavy atom. The quantitative estimate of drug-likeness (QED) is 0.741. The van der Waals surface area contributed by atoms with Crippen molar-refractivity contribution >= 4 is 5.95 Å². The van der Waals surface area contributed by atoms with E-state index in [0.29, 0.717) is 12.5 Å². The number of hydrogen-bond donors (Lipinski definition) is 1. The zero-order valence-corrected chi connectivity index (χ0v) is 9.84. The molecule has 1 N–H and O–H groups in total. The lowest BCUT2D eigenvalue weighted by Crippen LogP contribution is -2.28. The number of aliphatic hydroxyl groups is 1. The molecule has 0 radical (unpaired) electrons. The van der Waals surface area contributed by atoms with Gasteiger partial charge in [-0.1, -0.05) is 0 Å². The molecule has 1 unspecified atom stereocenters. The molecule has 0 saturated heterocycles. The van der Waals surface area contributed by atoms with Crippen molar-refractivity contribution in [3.63, 3.8) is 0 Å². The van der Waals surface area contributed by atoms with Crippen LogP contribution in [0.4, 0.5) is 5.95 Å². The van der Waals surface area contributed by atoms with E-state index in [4.69, 9.17) is 9.47 Å². The molecule has 16 heavy (non-hydrogen) atoms. The topological polar surface area (TPSA) is 80.6 Å². The lowest BCUT2D eigenvalue weighted by atomic mass is 10.4. The number of nitrogens with zero attached hydrogens (tertiary/aromatic N) is 4. The van der Waals surface area contributed by atoms with E-state index in [-0.39, 0.29) is 12.0 Å². The summed E-state index contributed by atoms with van der Waals surface area (Å²) in [6.07, 6.45) is -0.473. The summed E-state index contributed by atoms with van der Waals surface area (Å²) in [7, 11) is 4.70. The minimum atomic E-state index is -0.473. The fourth-order valence-electron chi connectivity index (χ4n) is 1.16. The first-order valence-electron chi connectivity index (χ1n) is 4.80. The van der Waals surface area contributed by atoms with Crippen LogP contribution in [0.15, 0.2) is 0 Å². The minimum absolute atomic E-state index is 0.180. The third-order valence-electron chi connectivity index (χ3n) is 1.83. The van der Waals surface area contributed by atoms with Crippen LogP contribution in [0, 0.1) is 0 Å². The number of ether oxygens (including phenoxy) is 2. The van der Waals surface area contributed by atoms with Gasteiger partial charge in [0.15, 0.2) is 0 Å². The van der Waals surface area contributed by atoms with Crippen LogP contribution in [0.5, 0.6) is 12.0 Å². The van der Waals surface area contributed by atoms with Crippen molar-refractivity contribution in [2.75, 3.05) is 32.7 Å². The highest BCUT2D eigenvalue weighted by Crippen LogP contribution is 2.14. The van der Waals surface area contributed by atoms with Gasteiger partial charge in [0.1, 0.15) is 0 Å². The molecule has 0 amide bonds. The minimum Gasteiger partial charge on any atom is -0.467 e. The molecule has 1 rings (SSSR count). The number of aromatic nitrogens is 3. The summed E-state index contributed by atoms with van der Waals surface area (Å²) in [5, 5.41) is 9.26. The number of hydrogen-bond acceptors (Lipinski definition) is 7. The van der Waals surface area contributed by atoms with Gasteiger partial charge in [-0.2, -0.15) is 9.97 Å². The molecule has 0 aliphatic heterocycles. The van der Waals surface area contributed by atoms with Crippen molar-refractivity contribution in [2.24, 2.45) is 0 Å². The van der Waals surface area contributed by atoms with E-state index in [0.717, 1.165) is 0 Å². The molecule has 1 atom stereocenters. The summed E-state index contributed by atoms with van der Waals surface area (Å²) in [5.74, 6) is 0.393. The molecule has 0 bridgehead atoms. The van der Waals surface area contributed by atoms with Crippen molar-refractivity contribution < 1.29 is 14.6 Å². The standard InChI is InChI=1S/C9H16N4O3/c1-6(14)5-13(2)7-10-8(15-3)12-9(11-7)16-4/h6,14H,5H2,1-4H3. The first kappa shape index (κ1) is 12.4. The summed E-state index contributed by atoms with van der Waals surface area (Å²) in [5.41, 5.74) is 0. The maximum Gasteiger partial charge on any atom is 0.324 e. The molecule has 1 aromatic heterocycles. The normalized spacial score (nSPS) is 12.1. The number of methoxy groups -OCH3 is 2. The molecular weight excluding hydrogens is 212 g/mol. The Hall–Kier alpha value is -1.63. The van der Waals surface area contributed by atoms with E-state index in [1.807, 2.05) is 0 Å². The molecule has 1 aromatic rings. The fraction of sp³-hybridized carbons (Fsp3) is 0.667. The Morgan fingerprint density at radius 1 is 1.19 bits per heavy atom. The number of likely N-dealkylation sites (N-methyl/N-ethyl adjacent to an activating group) is 1. The molecule has 0 aromatic carbocycles. The average Bonchev–Trinajstić information content (AvgIpc) is 2.27. The summed E-state index contributed by atoms with van der Waals surface area (Å²) >= 11 is 0. The van der Waals surface area contributed by atoms with Gasteiger partial charge >= 0.3 is 12.0 Å². The van der Waals surface area contributed by atoms with Crippen LogP contribution in [-0.4, -0.2) is 54.0 Å². The molecule has 0 fully saturated rings.